The zero-order chi connectivity index (χ0) is 15.6. The molecule has 21 heavy (non-hydrogen) atoms. The number of guanidine groups is 2. The van der Waals surface area contributed by atoms with Crippen molar-refractivity contribution in [2.45, 2.75) is 13.0 Å². The first kappa shape index (κ1) is 14.3. The van der Waals surface area contributed by atoms with E-state index in [0.29, 0.717) is 11.4 Å². The molecule has 0 radical (unpaired) electrons. The molecular formula is C12H15N7O2. The van der Waals surface area contributed by atoms with E-state index in [1.807, 2.05) is 0 Å². The minimum absolute atomic E-state index is 0.127. The van der Waals surface area contributed by atoms with Crippen LogP contribution in [0, 0.1) is 0 Å². The Morgan fingerprint density at radius 3 is 2.57 bits per heavy atom. The van der Waals surface area contributed by atoms with Gasteiger partial charge in [0.25, 0.3) is 5.91 Å². The second-order valence-electron chi connectivity index (χ2n) is 4.37. The number of hydrogen-bond donors (Lipinski definition) is 4. The van der Waals surface area contributed by atoms with Crippen molar-refractivity contribution in [1.29, 1.82) is 0 Å². The van der Waals surface area contributed by atoms with Gasteiger partial charge >= 0.3 is 6.03 Å². The van der Waals surface area contributed by atoms with Crippen LogP contribution in [0.3, 0.4) is 0 Å². The fraction of sp³-hybridized carbons (Fsp3) is 0.167. The lowest BCUT2D eigenvalue weighted by atomic mass is 10.2. The van der Waals surface area contributed by atoms with Crippen LogP contribution in [0.4, 0.5) is 16.2 Å². The SMILES string of the molecule is CC1NC(=O)N(c2cccc(N=C(N)N=C(N)N)c2)C1=O. The van der Waals surface area contributed by atoms with Gasteiger partial charge in [0, 0.05) is 0 Å². The van der Waals surface area contributed by atoms with E-state index < -0.39 is 12.1 Å². The molecule has 9 nitrogen and oxygen atoms in total. The Bertz CT molecular complexity index is 649. The second-order valence-corrected chi connectivity index (χ2v) is 4.37. The molecule has 0 aromatic heterocycles. The zero-order valence-electron chi connectivity index (χ0n) is 11.3. The van der Waals surface area contributed by atoms with E-state index in [1.54, 1.807) is 25.1 Å². The number of carbonyl (C=O) groups is 2. The number of rotatable bonds is 2. The first-order valence-electron chi connectivity index (χ1n) is 6.07. The highest BCUT2D eigenvalue weighted by Crippen LogP contribution is 2.24. The topological polar surface area (TPSA) is 152 Å². The van der Waals surface area contributed by atoms with Gasteiger partial charge < -0.3 is 22.5 Å². The summed E-state index contributed by atoms with van der Waals surface area (Å²) in [4.78, 5) is 32.3. The predicted molar refractivity (Wildman–Crippen MR) is 79.0 cm³/mol. The average molecular weight is 289 g/mol. The normalized spacial score (nSPS) is 18.6. The lowest BCUT2D eigenvalue weighted by molar-refractivity contribution is -0.117. The standard InChI is InChI=1S/C12H15N7O2/c1-6-9(20)19(12(21)16-6)8-4-2-3-7(5-8)17-11(15)18-10(13)14/h2-6H,1H3,(H,16,21)(H6,13,14,15,17,18). The molecule has 7 N–H and O–H groups in total. The molecule has 1 heterocycles. The van der Waals surface area contributed by atoms with Crippen molar-refractivity contribution in [3.05, 3.63) is 24.3 Å². The summed E-state index contributed by atoms with van der Waals surface area (Å²) >= 11 is 0. The molecule has 1 fully saturated rings. The van der Waals surface area contributed by atoms with E-state index >= 15 is 0 Å². The molecule has 1 unspecified atom stereocenters. The van der Waals surface area contributed by atoms with Crippen LogP contribution in [0.2, 0.25) is 0 Å². The number of urea groups is 1. The van der Waals surface area contributed by atoms with Crippen molar-refractivity contribution >= 4 is 35.2 Å². The van der Waals surface area contributed by atoms with Crippen LogP contribution in [-0.4, -0.2) is 29.9 Å². The molecule has 1 aromatic carbocycles. The summed E-state index contributed by atoms with van der Waals surface area (Å²) < 4.78 is 0. The van der Waals surface area contributed by atoms with Gasteiger partial charge in [-0.2, -0.15) is 4.99 Å². The molecule has 1 atom stereocenters. The van der Waals surface area contributed by atoms with Crippen molar-refractivity contribution in [3.63, 3.8) is 0 Å². The maximum Gasteiger partial charge on any atom is 0.329 e. The van der Waals surface area contributed by atoms with Gasteiger partial charge in [-0.3, -0.25) is 4.79 Å². The largest absolute Gasteiger partial charge is 0.370 e. The summed E-state index contributed by atoms with van der Waals surface area (Å²) in [6, 6.07) is 5.39. The third-order valence-corrected chi connectivity index (χ3v) is 2.71. The van der Waals surface area contributed by atoms with E-state index in [0.717, 1.165) is 4.90 Å². The van der Waals surface area contributed by atoms with Gasteiger partial charge in [0.15, 0.2) is 5.96 Å². The quantitative estimate of drug-likeness (QED) is 0.324. The molecular weight excluding hydrogens is 274 g/mol. The molecule has 0 bridgehead atoms. The number of imide groups is 1. The van der Waals surface area contributed by atoms with Gasteiger partial charge in [0.2, 0.25) is 5.96 Å². The lowest BCUT2D eigenvalue weighted by Crippen LogP contribution is -2.30. The fourth-order valence-electron chi connectivity index (χ4n) is 1.84. The van der Waals surface area contributed by atoms with Crippen LogP contribution in [0.1, 0.15) is 6.92 Å². The minimum Gasteiger partial charge on any atom is -0.370 e. The van der Waals surface area contributed by atoms with Crippen LogP contribution in [0.15, 0.2) is 34.3 Å². The van der Waals surface area contributed by atoms with Crippen LogP contribution < -0.4 is 27.4 Å². The van der Waals surface area contributed by atoms with Crippen molar-refractivity contribution in [2.24, 2.45) is 27.2 Å². The highest BCUT2D eigenvalue weighted by Gasteiger charge is 2.36. The fourth-order valence-corrected chi connectivity index (χ4v) is 1.84. The number of nitrogens with one attached hydrogen (secondary N) is 1. The van der Waals surface area contributed by atoms with Crippen LogP contribution in [0.5, 0.6) is 0 Å². The molecule has 0 spiro atoms. The monoisotopic (exact) mass is 289 g/mol. The molecule has 110 valence electrons. The van der Waals surface area contributed by atoms with E-state index in [1.165, 1.54) is 6.07 Å². The Labute approximate surface area is 120 Å². The van der Waals surface area contributed by atoms with Crippen LogP contribution in [0.25, 0.3) is 0 Å². The third-order valence-electron chi connectivity index (χ3n) is 2.71. The molecule has 0 saturated carbocycles. The first-order valence-corrected chi connectivity index (χ1v) is 6.07. The molecule has 1 aliphatic rings. The Balaban J connectivity index is 2.33. The number of nitrogens with two attached hydrogens (primary N) is 3. The van der Waals surface area contributed by atoms with Gasteiger partial charge in [-0.25, -0.2) is 14.7 Å². The first-order chi connectivity index (χ1) is 9.88. The third kappa shape index (κ3) is 3.08. The second kappa shape index (κ2) is 5.49. The van der Waals surface area contributed by atoms with Crippen molar-refractivity contribution in [3.8, 4) is 0 Å². The van der Waals surface area contributed by atoms with Gasteiger partial charge in [-0.05, 0) is 25.1 Å². The molecule has 3 amide bonds. The summed E-state index contributed by atoms with van der Waals surface area (Å²) in [5, 5.41) is 2.52. The van der Waals surface area contributed by atoms with E-state index in [9.17, 15) is 9.59 Å². The van der Waals surface area contributed by atoms with Crippen molar-refractivity contribution in [2.75, 3.05) is 4.90 Å². The van der Waals surface area contributed by atoms with Crippen molar-refractivity contribution in [1.82, 2.24) is 5.32 Å². The summed E-state index contributed by atoms with van der Waals surface area (Å²) in [6.45, 7) is 1.61. The number of benzene rings is 1. The van der Waals surface area contributed by atoms with Gasteiger partial charge in [0.05, 0.1) is 11.4 Å². The van der Waals surface area contributed by atoms with Gasteiger partial charge in [-0.1, -0.05) is 6.07 Å². The van der Waals surface area contributed by atoms with Crippen molar-refractivity contribution < 1.29 is 9.59 Å². The molecule has 1 aromatic rings. The Hall–Kier alpha value is -3.10. The van der Waals surface area contributed by atoms with Crippen LogP contribution in [-0.2, 0) is 4.79 Å². The van der Waals surface area contributed by atoms with E-state index in [-0.39, 0.29) is 17.8 Å². The molecule has 1 aliphatic heterocycles. The van der Waals surface area contributed by atoms with E-state index in [4.69, 9.17) is 17.2 Å². The maximum absolute atomic E-state index is 11.9. The Morgan fingerprint density at radius 1 is 1.29 bits per heavy atom. The Kier molecular flexibility index (Phi) is 3.74. The van der Waals surface area contributed by atoms with Crippen LogP contribution >= 0.6 is 0 Å². The number of anilines is 1. The summed E-state index contributed by atoms with van der Waals surface area (Å²) in [6.07, 6.45) is 0. The maximum atomic E-state index is 11.9. The molecule has 9 heteroatoms. The average Bonchev–Trinajstić information content (AvgIpc) is 2.62. The number of hydrogen-bond acceptors (Lipinski definition) is 3. The highest BCUT2D eigenvalue weighted by atomic mass is 16.2. The number of carbonyl (C=O) groups excluding carboxylic acids is 2. The summed E-state index contributed by atoms with van der Waals surface area (Å²) in [7, 11) is 0. The molecule has 0 aliphatic carbocycles. The highest BCUT2D eigenvalue weighted by molar-refractivity contribution is 6.21. The minimum atomic E-state index is -0.559. The summed E-state index contributed by atoms with van der Waals surface area (Å²) in [5.74, 6) is -0.675. The molecule has 2 rings (SSSR count). The number of amides is 3. The number of aliphatic imine (C=N–C) groups is 2. The van der Waals surface area contributed by atoms with E-state index in [2.05, 4.69) is 15.3 Å². The smallest absolute Gasteiger partial charge is 0.329 e. The number of nitrogens with zero attached hydrogens (tertiary/aromatic N) is 3. The molecule has 1 saturated heterocycles. The zero-order valence-corrected chi connectivity index (χ0v) is 11.3. The van der Waals surface area contributed by atoms with Gasteiger partial charge in [-0.15, -0.1) is 0 Å². The van der Waals surface area contributed by atoms with Gasteiger partial charge in [0.1, 0.15) is 6.04 Å². The predicted octanol–water partition coefficient (Wildman–Crippen LogP) is -0.649. The lowest BCUT2D eigenvalue weighted by Gasteiger charge is -2.12. The summed E-state index contributed by atoms with van der Waals surface area (Å²) in [5.41, 5.74) is 16.7. The Morgan fingerprint density at radius 2 is 2.00 bits per heavy atom.